The van der Waals surface area contributed by atoms with Gasteiger partial charge >= 0.3 is 12.1 Å². The van der Waals surface area contributed by atoms with Crippen LogP contribution in [0.3, 0.4) is 0 Å². The lowest BCUT2D eigenvalue weighted by molar-refractivity contribution is -0.146. The summed E-state index contributed by atoms with van der Waals surface area (Å²) < 4.78 is 10.0. The molecule has 3 atom stereocenters. The van der Waals surface area contributed by atoms with Crippen molar-refractivity contribution < 1.29 is 29.0 Å². The second-order valence-corrected chi connectivity index (χ2v) is 8.60. The van der Waals surface area contributed by atoms with E-state index in [1.165, 1.54) is 7.11 Å². The van der Waals surface area contributed by atoms with E-state index >= 15 is 0 Å². The predicted molar refractivity (Wildman–Crippen MR) is 113 cm³/mol. The van der Waals surface area contributed by atoms with Gasteiger partial charge in [0.2, 0.25) is 0 Å². The molecule has 2 amide bonds. The van der Waals surface area contributed by atoms with Gasteiger partial charge in [-0.3, -0.25) is 4.79 Å². The van der Waals surface area contributed by atoms with Crippen LogP contribution < -0.4 is 10.6 Å². The predicted octanol–water partition coefficient (Wildman–Crippen LogP) is 2.19. The van der Waals surface area contributed by atoms with Crippen molar-refractivity contribution in [3.8, 4) is 0 Å². The summed E-state index contributed by atoms with van der Waals surface area (Å²) in [5.74, 6) is -1.31. The highest BCUT2D eigenvalue weighted by Crippen LogP contribution is 2.13. The van der Waals surface area contributed by atoms with Crippen molar-refractivity contribution in [2.75, 3.05) is 7.11 Å². The molecule has 0 bridgehead atoms. The molecule has 0 aliphatic heterocycles. The number of hydrogen-bond donors (Lipinski definition) is 3. The average molecular weight is 423 g/mol. The quantitative estimate of drug-likeness (QED) is 0.526. The van der Waals surface area contributed by atoms with Gasteiger partial charge in [0.15, 0.2) is 6.10 Å². The van der Waals surface area contributed by atoms with Gasteiger partial charge in [-0.15, -0.1) is 0 Å². The fourth-order valence-electron chi connectivity index (χ4n) is 2.86. The van der Waals surface area contributed by atoms with Crippen LogP contribution in [0.1, 0.15) is 46.6 Å². The molecule has 0 saturated carbocycles. The van der Waals surface area contributed by atoms with Crippen LogP contribution in [0, 0.1) is 5.92 Å². The Balaban J connectivity index is 2.89. The Labute approximate surface area is 178 Å². The fourth-order valence-corrected chi connectivity index (χ4v) is 2.86. The summed E-state index contributed by atoms with van der Waals surface area (Å²) in [5.41, 5.74) is 0.110. The maximum absolute atomic E-state index is 12.7. The van der Waals surface area contributed by atoms with E-state index in [1.54, 1.807) is 20.8 Å². The zero-order chi connectivity index (χ0) is 22.9. The Bertz CT molecular complexity index is 699. The van der Waals surface area contributed by atoms with Crippen LogP contribution in [-0.4, -0.2) is 54.0 Å². The standard InChI is InChI=1S/C22H34N2O6/c1-14(2)12-16(24-21(28)30-22(3,4)5)18(25)19(26)23-17(20(27)29-6)13-15-10-8-7-9-11-15/h7-11,14,16-18,25H,12-13H2,1-6H3,(H,23,26)(H,24,28)/t16-,17-,18+/m0/s1. The Hall–Kier alpha value is -2.61. The van der Waals surface area contributed by atoms with Crippen molar-refractivity contribution in [3.05, 3.63) is 35.9 Å². The number of aliphatic hydroxyl groups excluding tert-OH is 1. The maximum Gasteiger partial charge on any atom is 0.407 e. The first-order chi connectivity index (χ1) is 13.9. The summed E-state index contributed by atoms with van der Waals surface area (Å²) in [7, 11) is 1.23. The minimum Gasteiger partial charge on any atom is -0.467 e. The number of carbonyl (C=O) groups excluding carboxylic acids is 3. The van der Waals surface area contributed by atoms with E-state index < -0.39 is 41.8 Å². The summed E-state index contributed by atoms with van der Waals surface area (Å²) in [6.07, 6.45) is -1.74. The summed E-state index contributed by atoms with van der Waals surface area (Å²) in [6.45, 7) is 8.97. The lowest BCUT2D eigenvalue weighted by Crippen LogP contribution is -2.55. The highest BCUT2D eigenvalue weighted by atomic mass is 16.6. The lowest BCUT2D eigenvalue weighted by Gasteiger charge is -2.28. The van der Waals surface area contributed by atoms with Crippen LogP contribution in [0.4, 0.5) is 4.79 Å². The second-order valence-electron chi connectivity index (χ2n) is 8.60. The SMILES string of the molecule is COC(=O)[C@H](Cc1ccccc1)NC(=O)[C@H](O)[C@H](CC(C)C)NC(=O)OC(C)(C)C. The van der Waals surface area contributed by atoms with E-state index in [1.807, 2.05) is 44.2 Å². The molecule has 0 aromatic heterocycles. The van der Waals surface area contributed by atoms with Crippen molar-refractivity contribution in [2.45, 2.75) is 71.2 Å². The molecule has 1 rings (SSSR count). The van der Waals surface area contributed by atoms with Gasteiger partial charge in [0, 0.05) is 6.42 Å². The summed E-state index contributed by atoms with van der Waals surface area (Å²) >= 11 is 0. The molecule has 8 heteroatoms. The van der Waals surface area contributed by atoms with Crippen LogP contribution in [0.5, 0.6) is 0 Å². The second kappa shape index (κ2) is 11.5. The Morgan fingerprint density at radius 3 is 2.17 bits per heavy atom. The number of benzene rings is 1. The third-order valence-corrected chi connectivity index (χ3v) is 4.16. The molecule has 0 fully saturated rings. The molecule has 8 nitrogen and oxygen atoms in total. The smallest absolute Gasteiger partial charge is 0.407 e. The molecule has 1 aromatic rings. The van der Waals surface area contributed by atoms with Gasteiger partial charge in [-0.05, 0) is 38.7 Å². The summed E-state index contributed by atoms with van der Waals surface area (Å²) in [6, 6.07) is 7.29. The first kappa shape index (κ1) is 25.4. The number of amides is 2. The molecule has 0 unspecified atom stereocenters. The number of ether oxygens (including phenoxy) is 2. The molecule has 0 radical (unpaired) electrons. The molecule has 0 saturated heterocycles. The molecule has 0 spiro atoms. The molecular weight excluding hydrogens is 388 g/mol. The van der Waals surface area contributed by atoms with Crippen LogP contribution >= 0.6 is 0 Å². The van der Waals surface area contributed by atoms with E-state index in [-0.39, 0.29) is 12.3 Å². The highest BCUT2D eigenvalue weighted by molar-refractivity contribution is 5.87. The normalized spacial score (nSPS) is 14.4. The number of aliphatic hydroxyl groups is 1. The third kappa shape index (κ3) is 9.26. The molecule has 0 aliphatic carbocycles. The zero-order valence-corrected chi connectivity index (χ0v) is 18.6. The number of methoxy groups -OCH3 is 1. The zero-order valence-electron chi connectivity index (χ0n) is 18.6. The molecule has 0 aliphatic rings. The third-order valence-electron chi connectivity index (χ3n) is 4.16. The number of nitrogens with one attached hydrogen (secondary N) is 2. The average Bonchev–Trinajstić information content (AvgIpc) is 2.64. The van der Waals surface area contributed by atoms with Crippen LogP contribution in [-0.2, 0) is 25.5 Å². The molecular formula is C22H34N2O6. The topological polar surface area (TPSA) is 114 Å². The van der Waals surface area contributed by atoms with Gasteiger partial charge in [0.05, 0.1) is 13.2 Å². The van der Waals surface area contributed by atoms with Gasteiger partial charge < -0.3 is 25.2 Å². The minimum absolute atomic E-state index is 0.0908. The highest BCUT2D eigenvalue weighted by Gasteiger charge is 2.32. The number of rotatable bonds is 9. The molecule has 1 aromatic carbocycles. The first-order valence-corrected chi connectivity index (χ1v) is 10.0. The number of hydrogen-bond acceptors (Lipinski definition) is 6. The largest absolute Gasteiger partial charge is 0.467 e. The molecule has 0 heterocycles. The number of esters is 1. The lowest BCUT2D eigenvalue weighted by atomic mass is 9.98. The van der Waals surface area contributed by atoms with Crippen LogP contribution in [0.25, 0.3) is 0 Å². The molecule has 3 N–H and O–H groups in total. The number of alkyl carbamates (subject to hydrolysis) is 1. The van der Waals surface area contributed by atoms with E-state index in [0.29, 0.717) is 6.42 Å². The van der Waals surface area contributed by atoms with Crippen LogP contribution in [0.2, 0.25) is 0 Å². The van der Waals surface area contributed by atoms with Crippen LogP contribution in [0.15, 0.2) is 30.3 Å². The van der Waals surface area contributed by atoms with E-state index in [4.69, 9.17) is 9.47 Å². The van der Waals surface area contributed by atoms with E-state index in [9.17, 15) is 19.5 Å². The first-order valence-electron chi connectivity index (χ1n) is 10.0. The molecule has 168 valence electrons. The Morgan fingerprint density at radius 2 is 1.67 bits per heavy atom. The van der Waals surface area contributed by atoms with Crippen molar-refractivity contribution in [3.63, 3.8) is 0 Å². The minimum atomic E-state index is -1.57. The van der Waals surface area contributed by atoms with Crippen molar-refractivity contribution in [1.29, 1.82) is 0 Å². The summed E-state index contributed by atoms with van der Waals surface area (Å²) in [5, 5.41) is 15.7. The Kier molecular flexibility index (Phi) is 9.78. The van der Waals surface area contributed by atoms with E-state index in [2.05, 4.69) is 10.6 Å². The van der Waals surface area contributed by atoms with Crippen molar-refractivity contribution in [1.82, 2.24) is 10.6 Å². The molecule has 30 heavy (non-hydrogen) atoms. The number of carbonyl (C=O) groups is 3. The van der Waals surface area contributed by atoms with Gasteiger partial charge in [0.1, 0.15) is 11.6 Å². The van der Waals surface area contributed by atoms with Crippen molar-refractivity contribution in [2.24, 2.45) is 5.92 Å². The Morgan fingerprint density at radius 1 is 1.07 bits per heavy atom. The van der Waals surface area contributed by atoms with Gasteiger partial charge in [-0.1, -0.05) is 44.2 Å². The van der Waals surface area contributed by atoms with Gasteiger partial charge in [-0.2, -0.15) is 0 Å². The van der Waals surface area contributed by atoms with Gasteiger partial charge in [0.25, 0.3) is 5.91 Å². The van der Waals surface area contributed by atoms with E-state index in [0.717, 1.165) is 5.56 Å². The summed E-state index contributed by atoms with van der Waals surface area (Å²) in [4.78, 5) is 37.0. The van der Waals surface area contributed by atoms with Gasteiger partial charge in [-0.25, -0.2) is 9.59 Å². The monoisotopic (exact) mass is 422 g/mol. The maximum atomic E-state index is 12.7. The van der Waals surface area contributed by atoms with Crippen molar-refractivity contribution >= 4 is 18.0 Å². The fraction of sp³-hybridized carbons (Fsp3) is 0.591.